The van der Waals surface area contributed by atoms with Gasteiger partial charge in [0, 0.05) is 18.2 Å². The molecule has 0 aliphatic heterocycles. The third-order valence-corrected chi connectivity index (χ3v) is 3.86. The van der Waals surface area contributed by atoms with Crippen LogP contribution in [0, 0.1) is 5.92 Å². The van der Waals surface area contributed by atoms with Gasteiger partial charge >= 0.3 is 0 Å². The van der Waals surface area contributed by atoms with E-state index < -0.39 is 0 Å². The Morgan fingerprint density at radius 2 is 1.79 bits per heavy atom. The van der Waals surface area contributed by atoms with E-state index in [1.165, 1.54) is 32.1 Å². The van der Waals surface area contributed by atoms with Gasteiger partial charge in [-0.05, 0) is 30.9 Å². The summed E-state index contributed by atoms with van der Waals surface area (Å²) >= 11 is 0. The first-order valence-corrected chi connectivity index (χ1v) is 7.54. The molecule has 0 atom stereocenters. The molecule has 0 saturated heterocycles. The minimum absolute atomic E-state index is 0.209. The van der Waals surface area contributed by atoms with Gasteiger partial charge in [0.05, 0.1) is 0 Å². The quantitative estimate of drug-likeness (QED) is 0.796. The lowest BCUT2D eigenvalue weighted by Gasteiger charge is -2.35. The topological polar surface area (TPSA) is 20.3 Å². The van der Waals surface area contributed by atoms with Crippen molar-refractivity contribution in [1.82, 2.24) is 4.90 Å². The number of carbonyl (C=O) groups excluding carboxylic acids is 1. The molecule has 1 amide bonds. The van der Waals surface area contributed by atoms with E-state index in [9.17, 15) is 4.79 Å². The fraction of sp³-hybridized carbons (Fsp3) is 0.588. The van der Waals surface area contributed by atoms with Crippen LogP contribution >= 0.6 is 0 Å². The van der Waals surface area contributed by atoms with Gasteiger partial charge in [-0.15, -0.1) is 0 Å². The Bertz CT molecular complexity index is 393. The van der Waals surface area contributed by atoms with E-state index >= 15 is 0 Å². The van der Waals surface area contributed by atoms with Crippen molar-refractivity contribution in [3.8, 4) is 0 Å². The highest BCUT2D eigenvalue weighted by Crippen LogP contribution is 2.24. The Labute approximate surface area is 116 Å². The fourth-order valence-corrected chi connectivity index (χ4v) is 2.93. The van der Waals surface area contributed by atoms with E-state index in [0.29, 0.717) is 12.0 Å². The number of benzene rings is 1. The van der Waals surface area contributed by atoms with Crippen LogP contribution in [0.2, 0.25) is 0 Å². The average molecular weight is 259 g/mol. The highest BCUT2D eigenvalue weighted by molar-refractivity contribution is 5.94. The number of nitrogens with zero attached hydrogens (tertiary/aromatic N) is 1. The fourth-order valence-electron chi connectivity index (χ4n) is 2.93. The minimum atomic E-state index is 0.209. The molecular formula is C17H25NO. The van der Waals surface area contributed by atoms with E-state index in [0.717, 1.165) is 12.1 Å². The van der Waals surface area contributed by atoms with Crippen LogP contribution in [0.5, 0.6) is 0 Å². The van der Waals surface area contributed by atoms with Gasteiger partial charge in [-0.2, -0.15) is 0 Å². The van der Waals surface area contributed by atoms with Crippen LogP contribution in [0.4, 0.5) is 0 Å². The zero-order valence-corrected chi connectivity index (χ0v) is 12.1. The normalized spacial score (nSPS) is 16.6. The Kier molecular flexibility index (Phi) is 5.00. The van der Waals surface area contributed by atoms with Crippen molar-refractivity contribution in [2.45, 2.75) is 52.0 Å². The van der Waals surface area contributed by atoms with Gasteiger partial charge in [0.25, 0.3) is 5.91 Å². The number of hydrogen-bond acceptors (Lipinski definition) is 1. The van der Waals surface area contributed by atoms with Gasteiger partial charge in [-0.25, -0.2) is 0 Å². The molecule has 0 bridgehead atoms. The molecule has 104 valence electrons. The maximum Gasteiger partial charge on any atom is 0.254 e. The molecule has 1 aliphatic carbocycles. The molecular weight excluding hydrogens is 234 g/mol. The summed E-state index contributed by atoms with van der Waals surface area (Å²) in [7, 11) is 0. The Morgan fingerprint density at radius 1 is 1.16 bits per heavy atom. The molecule has 0 radical (unpaired) electrons. The molecule has 2 heteroatoms. The lowest BCUT2D eigenvalue weighted by Crippen LogP contribution is -2.43. The third kappa shape index (κ3) is 3.82. The van der Waals surface area contributed by atoms with E-state index in [1.54, 1.807) is 0 Å². The molecule has 0 spiro atoms. The van der Waals surface area contributed by atoms with Crippen LogP contribution in [-0.2, 0) is 0 Å². The Morgan fingerprint density at radius 3 is 2.37 bits per heavy atom. The highest BCUT2D eigenvalue weighted by Gasteiger charge is 2.26. The number of carbonyl (C=O) groups is 1. The van der Waals surface area contributed by atoms with E-state index in [-0.39, 0.29) is 5.91 Å². The smallest absolute Gasteiger partial charge is 0.254 e. The monoisotopic (exact) mass is 259 g/mol. The molecule has 1 aliphatic rings. The average Bonchev–Trinajstić information content (AvgIpc) is 2.46. The summed E-state index contributed by atoms with van der Waals surface area (Å²) in [5.41, 5.74) is 0.828. The molecule has 0 aromatic heterocycles. The van der Waals surface area contributed by atoms with Crippen molar-refractivity contribution < 1.29 is 4.79 Å². The van der Waals surface area contributed by atoms with E-state index in [2.05, 4.69) is 18.7 Å². The largest absolute Gasteiger partial charge is 0.335 e. The summed E-state index contributed by atoms with van der Waals surface area (Å²) in [5, 5.41) is 0. The predicted molar refractivity (Wildman–Crippen MR) is 79.2 cm³/mol. The van der Waals surface area contributed by atoms with Gasteiger partial charge in [0.15, 0.2) is 0 Å². The summed E-state index contributed by atoms with van der Waals surface area (Å²) in [6.45, 7) is 5.25. The predicted octanol–water partition coefficient (Wildman–Crippen LogP) is 4.12. The first-order chi connectivity index (χ1) is 9.18. The second kappa shape index (κ2) is 6.74. The molecule has 1 fully saturated rings. The molecule has 1 saturated carbocycles. The van der Waals surface area contributed by atoms with Crippen LogP contribution in [0.15, 0.2) is 30.3 Å². The third-order valence-electron chi connectivity index (χ3n) is 3.86. The van der Waals surface area contributed by atoms with Gasteiger partial charge < -0.3 is 4.90 Å². The van der Waals surface area contributed by atoms with Crippen LogP contribution < -0.4 is 0 Å². The zero-order valence-electron chi connectivity index (χ0n) is 12.1. The van der Waals surface area contributed by atoms with Crippen molar-refractivity contribution >= 4 is 5.91 Å². The zero-order chi connectivity index (χ0) is 13.7. The highest BCUT2D eigenvalue weighted by atomic mass is 16.2. The standard InChI is InChI=1S/C17H25NO/c1-14(2)13-18(16-11-7-4-8-12-16)17(19)15-9-5-3-6-10-15/h3,5-6,9-10,14,16H,4,7-8,11-13H2,1-2H3. The summed E-state index contributed by atoms with van der Waals surface area (Å²) in [6, 6.07) is 10.2. The van der Waals surface area contributed by atoms with Crippen molar-refractivity contribution in [3.05, 3.63) is 35.9 Å². The van der Waals surface area contributed by atoms with Crippen LogP contribution in [0.25, 0.3) is 0 Å². The lowest BCUT2D eigenvalue weighted by atomic mass is 9.93. The molecule has 0 heterocycles. The van der Waals surface area contributed by atoms with Crippen molar-refractivity contribution in [2.24, 2.45) is 5.92 Å². The van der Waals surface area contributed by atoms with Crippen LogP contribution in [-0.4, -0.2) is 23.4 Å². The van der Waals surface area contributed by atoms with E-state index in [1.807, 2.05) is 30.3 Å². The molecule has 2 rings (SSSR count). The molecule has 19 heavy (non-hydrogen) atoms. The van der Waals surface area contributed by atoms with Crippen molar-refractivity contribution in [3.63, 3.8) is 0 Å². The van der Waals surface area contributed by atoms with Crippen LogP contribution in [0.3, 0.4) is 0 Å². The molecule has 0 unspecified atom stereocenters. The second-order valence-electron chi connectivity index (χ2n) is 6.01. The maximum absolute atomic E-state index is 12.7. The molecule has 0 N–H and O–H groups in total. The van der Waals surface area contributed by atoms with E-state index in [4.69, 9.17) is 0 Å². The second-order valence-corrected chi connectivity index (χ2v) is 6.01. The summed E-state index contributed by atoms with van der Waals surface area (Å²) in [6.07, 6.45) is 6.20. The molecule has 1 aromatic carbocycles. The lowest BCUT2D eigenvalue weighted by molar-refractivity contribution is 0.0604. The summed E-state index contributed by atoms with van der Waals surface area (Å²) in [5.74, 6) is 0.732. The van der Waals surface area contributed by atoms with Gasteiger partial charge in [0.1, 0.15) is 0 Å². The Balaban J connectivity index is 2.14. The number of hydrogen-bond donors (Lipinski definition) is 0. The van der Waals surface area contributed by atoms with Gasteiger partial charge in [0.2, 0.25) is 0 Å². The number of amides is 1. The SMILES string of the molecule is CC(C)CN(C(=O)c1ccccc1)C1CCCCC1. The summed E-state index contributed by atoms with van der Waals surface area (Å²) < 4.78 is 0. The summed E-state index contributed by atoms with van der Waals surface area (Å²) in [4.78, 5) is 14.8. The minimum Gasteiger partial charge on any atom is -0.335 e. The van der Waals surface area contributed by atoms with Crippen LogP contribution in [0.1, 0.15) is 56.3 Å². The first kappa shape index (κ1) is 14.1. The Hall–Kier alpha value is -1.31. The number of rotatable bonds is 4. The van der Waals surface area contributed by atoms with Gasteiger partial charge in [-0.1, -0.05) is 51.3 Å². The molecule has 2 nitrogen and oxygen atoms in total. The first-order valence-electron chi connectivity index (χ1n) is 7.54. The van der Waals surface area contributed by atoms with Crippen molar-refractivity contribution in [2.75, 3.05) is 6.54 Å². The molecule has 1 aromatic rings. The van der Waals surface area contributed by atoms with Gasteiger partial charge in [-0.3, -0.25) is 4.79 Å². The maximum atomic E-state index is 12.7. The van der Waals surface area contributed by atoms with Crippen molar-refractivity contribution in [1.29, 1.82) is 0 Å².